The Morgan fingerprint density at radius 3 is 2.47 bits per heavy atom. The van der Waals surface area contributed by atoms with Crippen LogP contribution in [0.1, 0.15) is 22.8 Å². The maximum Gasteiger partial charge on any atom is 0.268 e. The van der Waals surface area contributed by atoms with E-state index in [2.05, 4.69) is 31.2 Å². The van der Waals surface area contributed by atoms with Crippen LogP contribution in [0.15, 0.2) is 47.2 Å². The molecule has 12 heteroatoms. The molecule has 0 aliphatic heterocycles. The zero-order valence-corrected chi connectivity index (χ0v) is 20.6. The van der Waals surface area contributed by atoms with Crippen LogP contribution >= 0.6 is 15.9 Å². The smallest absolute Gasteiger partial charge is 0.268 e. The summed E-state index contributed by atoms with van der Waals surface area (Å²) in [7, 11) is -3.74. The van der Waals surface area contributed by atoms with Gasteiger partial charge in [0.2, 0.25) is 10.0 Å². The number of anilines is 1. The van der Waals surface area contributed by atoms with Crippen molar-refractivity contribution < 1.29 is 26.7 Å². The minimum Gasteiger partial charge on any atom is -0.493 e. The molecule has 8 nitrogen and oxygen atoms in total. The van der Waals surface area contributed by atoms with Gasteiger partial charge in [-0.2, -0.15) is 0 Å². The molecule has 3 aromatic rings. The lowest BCUT2D eigenvalue weighted by molar-refractivity contribution is 0.0978. The normalized spacial score (nSPS) is 11.2. The van der Waals surface area contributed by atoms with E-state index < -0.39 is 27.6 Å². The van der Waals surface area contributed by atoms with E-state index in [1.165, 1.54) is 24.5 Å². The number of carbonyl (C=O) groups is 1. The second-order valence-corrected chi connectivity index (χ2v) is 9.82. The summed E-state index contributed by atoms with van der Waals surface area (Å²) < 4.78 is 58.6. The molecule has 2 N–H and O–H groups in total. The standard InChI is InChI=1S/C22H21BrF2N4O4S/c1-3-33-20-8-13(4-5-16(20)22(30)29-34(2,31)32)19-11-21(28-12-27-19)26-7-6-15-17(24)9-14(23)10-18(15)25/h4-5,8-12H,3,6-7H2,1-2H3,(H,29,30)(H,26,27,28). The summed E-state index contributed by atoms with van der Waals surface area (Å²) in [5.74, 6) is -1.47. The second-order valence-electron chi connectivity index (χ2n) is 7.16. The fourth-order valence-electron chi connectivity index (χ4n) is 3.11. The van der Waals surface area contributed by atoms with E-state index in [4.69, 9.17) is 4.74 Å². The summed E-state index contributed by atoms with van der Waals surface area (Å²) in [6.07, 6.45) is 2.31. The van der Waals surface area contributed by atoms with Crippen molar-refractivity contribution in [2.24, 2.45) is 0 Å². The molecule has 1 heterocycles. The number of halogens is 3. The van der Waals surface area contributed by atoms with Gasteiger partial charge in [-0.25, -0.2) is 31.9 Å². The first-order valence-electron chi connectivity index (χ1n) is 10.1. The number of carbonyl (C=O) groups excluding carboxylic acids is 1. The zero-order valence-electron chi connectivity index (χ0n) is 18.2. The molecular formula is C22H21BrF2N4O4S. The Bertz CT molecular complexity index is 1300. The fraction of sp³-hybridized carbons (Fsp3) is 0.227. The van der Waals surface area contributed by atoms with Gasteiger partial charge in [0.15, 0.2) is 0 Å². The van der Waals surface area contributed by atoms with Crippen molar-refractivity contribution in [2.45, 2.75) is 13.3 Å². The van der Waals surface area contributed by atoms with Gasteiger partial charge in [-0.15, -0.1) is 0 Å². The summed E-state index contributed by atoms with van der Waals surface area (Å²) in [5.41, 5.74) is 1.11. The van der Waals surface area contributed by atoms with Crippen molar-refractivity contribution in [1.82, 2.24) is 14.7 Å². The molecule has 0 spiro atoms. The van der Waals surface area contributed by atoms with Crippen LogP contribution in [-0.4, -0.2) is 43.7 Å². The summed E-state index contributed by atoms with van der Waals surface area (Å²) in [5, 5.41) is 3.01. The number of ether oxygens (including phenoxy) is 1. The minimum atomic E-state index is -3.74. The minimum absolute atomic E-state index is 0.0331. The van der Waals surface area contributed by atoms with Gasteiger partial charge in [-0.05, 0) is 37.6 Å². The van der Waals surface area contributed by atoms with E-state index >= 15 is 0 Å². The fourth-order valence-corrected chi connectivity index (χ4v) is 3.95. The number of hydrogen-bond acceptors (Lipinski definition) is 7. The molecule has 0 radical (unpaired) electrons. The van der Waals surface area contributed by atoms with Gasteiger partial charge in [0.05, 0.1) is 24.1 Å². The number of amides is 1. The van der Waals surface area contributed by atoms with Crippen molar-refractivity contribution in [3.05, 3.63) is 70.0 Å². The molecule has 0 bridgehead atoms. The van der Waals surface area contributed by atoms with Gasteiger partial charge < -0.3 is 10.1 Å². The van der Waals surface area contributed by atoms with E-state index in [-0.39, 0.29) is 36.4 Å². The Kier molecular flexibility index (Phi) is 8.15. The number of sulfonamides is 1. The third-order valence-electron chi connectivity index (χ3n) is 4.55. The van der Waals surface area contributed by atoms with Crippen LogP contribution in [0.3, 0.4) is 0 Å². The average molecular weight is 555 g/mol. The third-order valence-corrected chi connectivity index (χ3v) is 5.57. The lowest BCUT2D eigenvalue weighted by atomic mass is 10.1. The molecule has 0 saturated heterocycles. The van der Waals surface area contributed by atoms with Gasteiger partial charge in [0, 0.05) is 28.2 Å². The Morgan fingerprint density at radius 2 is 1.82 bits per heavy atom. The highest BCUT2D eigenvalue weighted by atomic mass is 79.9. The lowest BCUT2D eigenvalue weighted by Crippen LogP contribution is -2.29. The number of hydrogen-bond donors (Lipinski definition) is 2. The number of rotatable bonds is 9. The van der Waals surface area contributed by atoms with Crippen molar-refractivity contribution in [3.63, 3.8) is 0 Å². The predicted octanol–water partition coefficient (Wildman–Crippen LogP) is 3.93. The molecule has 0 saturated carbocycles. The molecule has 0 aliphatic rings. The quantitative estimate of drug-likeness (QED) is 0.412. The van der Waals surface area contributed by atoms with Gasteiger partial charge in [0.25, 0.3) is 5.91 Å². The van der Waals surface area contributed by atoms with Gasteiger partial charge in [0.1, 0.15) is 29.5 Å². The topological polar surface area (TPSA) is 110 Å². The van der Waals surface area contributed by atoms with Crippen molar-refractivity contribution in [1.29, 1.82) is 0 Å². The van der Waals surface area contributed by atoms with Gasteiger partial charge in [-0.1, -0.05) is 22.0 Å². The van der Waals surface area contributed by atoms with Crippen LogP contribution in [0.4, 0.5) is 14.6 Å². The first-order chi connectivity index (χ1) is 16.1. The Balaban J connectivity index is 1.78. The summed E-state index contributed by atoms with van der Waals surface area (Å²) >= 11 is 3.05. The van der Waals surface area contributed by atoms with E-state index in [1.807, 2.05) is 4.72 Å². The number of aromatic nitrogens is 2. The van der Waals surface area contributed by atoms with Crippen LogP contribution in [0.2, 0.25) is 0 Å². The SMILES string of the molecule is CCOc1cc(-c2cc(NCCc3c(F)cc(Br)cc3F)ncn2)ccc1C(=O)NS(C)(=O)=O. The van der Waals surface area contributed by atoms with Crippen LogP contribution < -0.4 is 14.8 Å². The molecule has 0 aliphatic carbocycles. The Labute approximate surface area is 204 Å². The predicted molar refractivity (Wildman–Crippen MR) is 127 cm³/mol. The molecule has 0 fully saturated rings. The zero-order chi connectivity index (χ0) is 24.9. The maximum absolute atomic E-state index is 14.0. The van der Waals surface area contributed by atoms with Crippen LogP contribution in [0, 0.1) is 11.6 Å². The number of nitrogens with zero attached hydrogens (tertiary/aromatic N) is 2. The molecule has 0 atom stereocenters. The largest absolute Gasteiger partial charge is 0.493 e. The maximum atomic E-state index is 14.0. The molecule has 1 amide bonds. The van der Waals surface area contributed by atoms with E-state index in [0.717, 1.165) is 6.26 Å². The molecule has 1 aromatic heterocycles. The van der Waals surface area contributed by atoms with E-state index in [1.54, 1.807) is 25.1 Å². The van der Waals surface area contributed by atoms with Crippen molar-refractivity contribution in [3.8, 4) is 17.0 Å². The van der Waals surface area contributed by atoms with E-state index in [9.17, 15) is 22.0 Å². The summed E-state index contributed by atoms with van der Waals surface area (Å²) in [4.78, 5) is 20.6. The summed E-state index contributed by atoms with van der Waals surface area (Å²) in [6.45, 7) is 2.21. The first-order valence-corrected chi connectivity index (χ1v) is 12.7. The highest BCUT2D eigenvalue weighted by Crippen LogP contribution is 2.27. The highest BCUT2D eigenvalue weighted by molar-refractivity contribution is 9.10. The lowest BCUT2D eigenvalue weighted by Gasteiger charge is -2.12. The number of benzene rings is 2. The van der Waals surface area contributed by atoms with Crippen molar-refractivity contribution >= 4 is 37.7 Å². The van der Waals surface area contributed by atoms with Crippen LogP contribution in [0.5, 0.6) is 5.75 Å². The monoisotopic (exact) mass is 554 g/mol. The molecular weight excluding hydrogens is 534 g/mol. The molecule has 3 rings (SSSR count). The Hall–Kier alpha value is -3.12. The van der Waals surface area contributed by atoms with E-state index in [0.29, 0.717) is 21.5 Å². The molecule has 180 valence electrons. The molecule has 34 heavy (non-hydrogen) atoms. The molecule has 2 aromatic carbocycles. The van der Waals surface area contributed by atoms with Crippen LogP contribution in [-0.2, 0) is 16.4 Å². The summed E-state index contributed by atoms with van der Waals surface area (Å²) in [6, 6.07) is 8.65. The first kappa shape index (κ1) is 25.5. The number of nitrogens with one attached hydrogen (secondary N) is 2. The third kappa shape index (κ3) is 6.70. The second kappa shape index (κ2) is 10.9. The van der Waals surface area contributed by atoms with Gasteiger partial charge >= 0.3 is 0 Å². The van der Waals surface area contributed by atoms with Crippen LogP contribution in [0.25, 0.3) is 11.3 Å². The average Bonchev–Trinajstić information content (AvgIpc) is 2.74. The van der Waals surface area contributed by atoms with Gasteiger partial charge in [-0.3, -0.25) is 4.79 Å². The molecule has 0 unspecified atom stereocenters. The van der Waals surface area contributed by atoms with Crippen molar-refractivity contribution in [2.75, 3.05) is 24.7 Å². The Morgan fingerprint density at radius 1 is 1.12 bits per heavy atom. The highest BCUT2D eigenvalue weighted by Gasteiger charge is 2.18.